The minimum absolute atomic E-state index is 0.0565. The monoisotopic (exact) mass is 250 g/mol. The van der Waals surface area contributed by atoms with E-state index in [4.69, 9.17) is 0 Å². The first-order valence-electron chi connectivity index (χ1n) is 6.86. The summed E-state index contributed by atoms with van der Waals surface area (Å²) in [6, 6.07) is 0.259. The van der Waals surface area contributed by atoms with Gasteiger partial charge in [0.25, 0.3) is 5.91 Å². The smallest absolute Gasteiger partial charge is 0.271 e. The largest absolute Gasteiger partial charge is 0.356 e. The van der Waals surface area contributed by atoms with Crippen LogP contribution in [0.3, 0.4) is 0 Å². The average Bonchev–Trinajstić information content (AvgIpc) is 2.82. The Hall–Kier alpha value is -1.52. The number of imidazole rings is 1. The third kappa shape index (κ3) is 2.83. The van der Waals surface area contributed by atoms with Gasteiger partial charge in [-0.1, -0.05) is 20.3 Å². The number of aromatic nitrogens is 2. The number of hydrogen-bond donors (Lipinski definition) is 2. The number of hydrogen-bond acceptors (Lipinski definition) is 3. The molecule has 0 bridgehead atoms. The standard InChI is InChI=1S/C13H22N4O/c1-3-6-10(4-2)15-12(18)11-9-17-8-5-7-14-13(17)16-11/h9-10H,3-8H2,1-2H3,(H,14,16)(H,15,18). The van der Waals surface area contributed by atoms with E-state index in [-0.39, 0.29) is 11.9 Å². The fourth-order valence-corrected chi connectivity index (χ4v) is 2.27. The second-order valence-corrected chi connectivity index (χ2v) is 4.79. The number of carbonyl (C=O) groups is 1. The van der Waals surface area contributed by atoms with Gasteiger partial charge in [-0.05, 0) is 19.3 Å². The van der Waals surface area contributed by atoms with Gasteiger partial charge in [-0.3, -0.25) is 4.79 Å². The fraction of sp³-hybridized carbons (Fsp3) is 0.692. The van der Waals surface area contributed by atoms with Crippen molar-refractivity contribution in [1.82, 2.24) is 14.9 Å². The zero-order valence-electron chi connectivity index (χ0n) is 11.2. The second-order valence-electron chi connectivity index (χ2n) is 4.79. The predicted molar refractivity (Wildman–Crippen MR) is 71.8 cm³/mol. The normalized spacial score (nSPS) is 15.7. The first-order chi connectivity index (χ1) is 8.74. The molecule has 0 aliphatic carbocycles. The van der Waals surface area contributed by atoms with Crippen molar-refractivity contribution in [1.29, 1.82) is 0 Å². The molecule has 0 spiro atoms. The molecule has 0 radical (unpaired) electrons. The summed E-state index contributed by atoms with van der Waals surface area (Å²) in [5, 5.41) is 6.25. The van der Waals surface area contributed by atoms with Gasteiger partial charge in [0.1, 0.15) is 5.69 Å². The Bertz CT molecular complexity index is 390. The van der Waals surface area contributed by atoms with Gasteiger partial charge in [0, 0.05) is 25.3 Å². The number of carbonyl (C=O) groups excluding carboxylic acids is 1. The summed E-state index contributed by atoms with van der Waals surface area (Å²) in [5.74, 6) is 0.758. The van der Waals surface area contributed by atoms with Crippen LogP contribution in [0.4, 0.5) is 5.95 Å². The topological polar surface area (TPSA) is 59.0 Å². The van der Waals surface area contributed by atoms with Gasteiger partial charge in [-0.15, -0.1) is 0 Å². The van der Waals surface area contributed by atoms with Crippen LogP contribution < -0.4 is 10.6 Å². The lowest BCUT2D eigenvalue weighted by Crippen LogP contribution is -2.34. The summed E-state index contributed by atoms with van der Waals surface area (Å²) in [4.78, 5) is 16.4. The molecule has 1 aromatic rings. The van der Waals surface area contributed by atoms with E-state index >= 15 is 0 Å². The predicted octanol–water partition coefficient (Wildman–Crippen LogP) is 2.01. The maximum absolute atomic E-state index is 12.1. The first kappa shape index (κ1) is 12.9. The second kappa shape index (κ2) is 5.89. The van der Waals surface area contributed by atoms with Crippen molar-refractivity contribution in [3.8, 4) is 0 Å². The number of fused-ring (bicyclic) bond motifs is 1. The maximum atomic E-state index is 12.1. The highest BCUT2D eigenvalue weighted by molar-refractivity contribution is 5.92. The van der Waals surface area contributed by atoms with Crippen molar-refractivity contribution >= 4 is 11.9 Å². The molecule has 1 atom stereocenters. The molecule has 1 amide bonds. The highest BCUT2D eigenvalue weighted by Gasteiger charge is 2.18. The van der Waals surface area contributed by atoms with Crippen molar-refractivity contribution in [2.45, 2.75) is 52.1 Å². The summed E-state index contributed by atoms with van der Waals surface area (Å²) in [5.41, 5.74) is 0.522. The van der Waals surface area contributed by atoms with Gasteiger partial charge in [0.05, 0.1) is 0 Å². The minimum atomic E-state index is -0.0565. The molecule has 1 aliphatic rings. The van der Waals surface area contributed by atoms with E-state index in [9.17, 15) is 4.79 Å². The molecule has 18 heavy (non-hydrogen) atoms. The zero-order valence-corrected chi connectivity index (χ0v) is 11.2. The molecule has 5 heteroatoms. The van der Waals surface area contributed by atoms with Crippen LogP contribution in [0.5, 0.6) is 0 Å². The fourth-order valence-electron chi connectivity index (χ4n) is 2.27. The highest BCUT2D eigenvalue weighted by atomic mass is 16.2. The summed E-state index contributed by atoms with van der Waals surface area (Å²) in [7, 11) is 0. The minimum Gasteiger partial charge on any atom is -0.356 e. The van der Waals surface area contributed by atoms with Crippen LogP contribution in [0, 0.1) is 0 Å². The molecule has 1 aliphatic heterocycles. The lowest BCUT2D eigenvalue weighted by molar-refractivity contribution is 0.0929. The quantitative estimate of drug-likeness (QED) is 0.840. The van der Waals surface area contributed by atoms with Crippen molar-refractivity contribution in [2.75, 3.05) is 11.9 Å². The maximum Gasteiger partial charge on any atom is 0.271 e. The average molecular weight is 250 g/mol. The molecular weight excluding hydrogens is 228 g/mol. The van der Waals surface area contributed by atoms with Gasteiger partial charge >= 0.3 is 0 Å². The van der Waals surface area contributed by atoms with Crippen LogP contribution in [-0.2, 0) is 6.54 Å². The lowest BCUT2D eigenvalue weighted by Gasteiger charge is -2.14. The molecule has 0 saturated heterocycles. The number of amides is 1. The Morgan fingerprint density at radius 1 is 1.61 bits per heavy atom. The number of aryl methyl sites for hydroxylation is 1. The van der Waals surface area contributed by atoms with Crippen LogP contribution in [0.25, 0.3) is 0 Å². The molecule has 2 rings (SSSR count). The van der Waals surface area contributed by atoms with Crippen molar-refractivity contribution in [3.05, 3.63) is 11.9 Å². The molecule has 2 N–H and O–H groups in total. The molecule has 1 aromatic heterocycles. The van der Waals surface area contributed by atoms with Gasteiger partial charge in [-0.2, -0.15) is 0 Å². The molecule has 0 saturated carbocycles. The van der Waals surface area contributed by atoms with Crippen molar-refractivity contribution in [3.63, 3.8) is 0 Å². The Morgan fingerprint density at radius 3 is 3.11 bits per heavy atom. The van der Waals surface area contributed by atoms with E-state index in [0.29, 0.717) is 5.69 Å². The van der Waals surface area contributed by atoms with Crippen LogP contribution in [0.15, 0.2) is 6.20 Å². The van der Waals surface area contributed by atoms with Gasteiger partial charge < -0.3 is 15.2 Å². The van der Waals surface area contributed by atoms with Crippen LogP contribution >= 0.6 is 0 Å². The van der Waals surface area contributed by atoms with Gasteiger partial charge in [-0.25, -0.2) is 4.98 Å². The molecule has 2 heterocycles. The van der Waals surface area contributed by atoms with Gasteiger partial charge in [0.2, 0.25) is 5.95 Å². The molecular formula is C13H22N4O. The van der Waals surface area contributed by atoms with Crippen molar-refractivity contribution in [2.24, 2.45) is 0 Å². The highest BCUT2D eigenvalue weighted by Crippen LogP contribution is 2.14. The van der Waals surface area contributed by atoms with Gasteiger partial charge in [0.15, 0.2) is 0 Å². The van der Waals surface area contributed by atoms with E-state index in [1.807, 2.05) is 10.8 Å². The lowest BCUT2D eigenvalue weighted by atomic mass is 10.1. The summed E-state index contributed by atoms with van der Waals surface area (Å²) in [6.45, 7) is 6.11. The first-order valence-corrected chi connectivity index (χ1v) is 6.86. The third-order valence-corrected chi connectivity index (χ3v) is 3.33. The molecule has 100 valence electrons. The van der Waals surface area contributed by atoms with Crippen LogP contribution in [-0.4, -0.2) is 28.0 Å². The van der Waals surface area contributed by atoms with Crippen molar-refractivity contribution < 1.29 is 4.79 Å². The zero-order chi connectivity index (χ0) is 13.0. The Labute approximate surface area is 108 Å². The van der Waals surface area contributed by atoms with E-state index in [1.165, 1.54) is 0 Å². The van der Waals surface area contributed by atoms with E-state index in [0.717, 1.165) is 44.7 Å². The van der Waals surface area contributed by atoms with E-state index in [2.05, 4.69) is 29.5 Å². The SMILES string of the molecule is CCCC(CC)NC(=O)c1cn2c(n1)NCCC2. The number of nitrogens with zero attached hydrogens (tertiary/aromatic N) is 2. The summed E-state index contributed by atoms with van der Waals surface area (Å²) in [6.07, 6.45) is 5.99. The van der Waals surface area contributed by atoms with E-state index in [1.54, 1.807) is 0 Å². The summed E-state index contributed by atoms with van der Waals surface area (Å²) < 4.78 is 2.01. The summed E-state index contributed by atoms with van der Waals surface area (Å²) >= 11 is 0. The Balaban J connectivity index is 2.02. The molecule has 1 unspecified atom stereocenters. The number of anilines is 1. The Morgan fingerprint density at radius 2 is 2.44 bits per heavy atom. The molecule has 0 fully saturated rings. The van der Waals surface area contributed by atoms with Crippen LogP contribution in [0.2, 0.25) is 0 Å². The number of nitrogens with one attached hydrogen (secondary N) is 2. The third-order valence-electron chi connectivity index (χ3n) is 3.33. The van der Waals surface area contributed by atoms with Crippen LogP contribution in [0.1, 0.15) is 50.0 Å². The molecule has 5 nitrogen and oxygen atoms in total. The number of rotatable bonds is 5. The Kier molecular flexibility index (Phi) is 4.23. The molecule has 0 aromatic carbocycles. The van der Waals surface area contributed by atoms with E-state index < -0.39 is 0 Å².